The van der Waals surface area contributed by atoms with Crippen LogP contribution in [0.1, 0.15) is 58.6 Å². The minimum atomic E-state index is 0.503. The van der Waals surface area contributed by atoms with Crippen LogP contribution in [0.4, 0.5) is 11.5 Å². The molecular formula is C16H30N4. The molecule has 0 aliphatic heterocycles. The molecule has 2 N–H and O–H groups in total. The van der Waals surface area contributed by atoms with Crippen LogP contribution >= 0.6 is 0 Å². The number of nitrogens with zero attached hydrogens (tertiary/aromatic N) is 3. The molecule has 1 fully saturated rings. The summed E-state index contributed by atoms with van der Waals surface area (Å²) in [5.41, 5.74) is 8.75. The lowest BCUT2D eigenvalue weighted by molar-refractivity contribution is 0.222. The molecule has 1 aliphatic rings. The zero-order chi connectivity index (χ0) is 14.9. The molecule has 114 valence electrons. The minimum absolute atomic E-state index is 0.503. The first-order chi connectivity index (χ1) is 9.35. The van der Waals surface area contributed by atoms with Gasteiger partial charge in [0.05, 0.1) is 11.4 Å². The summed E-state index contributed by atoms with van der Waals surface area (Å²) in [6.07, 6.45) is 7.13. The van der Waals surface area contributed by atoms with Crippen LogP contribution in [0, 0.1) is 5.41 Å². The predicted octanol–water partition coefficient (Wildman–Crippen LogP) is 3.36. The monoisotopic (exact) mass is 278 g/mol. The molecule has 4 nitrogen and oxygen atoms in total. The number of hydrogen-bond donors (Lipinski definition) is 1. The van der Waals surface area contributed by atoms with Gasteiger partial charge < -0.3 is 10.6 Å². The second kappa shape index (κ2) is 5.66. The van der Waals surface area contributed by atoms with Gasteiger partial charge in [-0.1, -0.05) is 27.2 Å². The van der Waals surface area contributed by atoms with Crippen molar-refractivity contribution >= 4 is 11.5 Å². The number of rotatable bonds is 4. The Bertz CT molecular complexity index is 451. The molecule has 0 radical (unpaired) electrons. The first-order valence-electron chi connectivity index (χ1n) is 7.90. The summed E-state index contributed by atoms with van der Waals surface area (Å²) in [6.45, 7) is 6.92. The minimum Gasteiger partial charge on any atom is -0.394 e. The molecule has 0 saturated heterocycles. The van der Waals surface area contributed by atoms with Crippen LogP contribution in [0.5, 0.6) is 0 Å². The van der Waals surface area contributed by atoms with Crippen LogP contribution in [0.2, 0.25) is 0 Å². The summed E-state index contributed by atoms with van der Waals surface area (Å²) in [6, 6.07) is 0.593. The average Bonchev–Trinajstić information content (AvgIpc) is 2.64. The lowest BCUT2D eigenvalue weighted by Crippen LogP contribution is -2.38. The van der Waals surface area contributed by atoms with Crippen molar-refractivity contribution in [1.82, 2.24) is 9.78 Å². The third kappa shape index (κ3) is 2.94. The van der Waals surface area contributed by atoms with Crippen molar-refractivity contribution in [2.75, 3.05) is 17.7 Å². The van der Waals surface area contributed by atoms with E-state index in [0.29, 0.717) is 11.5 Å². The van der Waals surface area contributed by atoms with Crippen LogP contribution in [0.15, 0.2) is 0 Å². The van der Waals surface area contributed by atoms with Gasteiger partial charge in [-0.3, -0.25) is 4.68 Å². The number of nitrogen functional groups attached to an aromatic ring is 1. The Morgan fingerprint density at radius 3 is 2.50 bits per heavy atom. The van der Waals surface area contributed by atoms with E-state index in [-0.39, 0.29) is 0 Å². The van der Waals surface area contributed by atoms with E-state index in [1.807, 2.05) is 11.7 Å². The Morgan fingerprint density at radius 1 is 1.35 bits per heavy atom. The highest BCUT2D eigenvalue weighted by atomic mass is 15.4. The topological polar surface area (TPSA) is 47.1 Å². The number of hydrogen-bond acceptors (Lipinski definition) is 3. The number of nitrogens with two attached hydrogens (primary N) is 1. The van der Waals surface area contributed by atoms with Crippen molar-refractivity contribution in [1.29, 1.82) is 0 Å². The second-order valence-corrected chi connectivity index (χ2v) is 7.06. The zero-order valence-electron chi connectivity index (χ0n) is 13.7. The van der Waals surface area contributed by atoms with Crippen molar-refractivity contribution in [3.05, 3.63) is 5.69 Å². The van der Waals surface area contributed by atoms with Crippen molar-refractivity contribution in [3.8, 4) is 0 Å². The second-order valence-electron chi connectivity index (χ2n) is 7.06. The molecule has 1 saturated carbocycles. The van der Waals surface area contributed by atoms with Gasteiger partial charge in [0, 0.05) is 20.1 Å². The lowest BCUT2D eigenvalue weighted by atomic mass is 9.75. The highest BCUT2D eigenvalue weighted by molar-refractivity contribution is 5.66. The van der Waals surface area contributed by atoms with Gasteiger partial charge in [-0.15, -0.1) is 0 Å². The SMILES string of the molecule is CCCc1nn(C)c(N(C)C2CCC(C)(C)CC2)c1N. The van der Waals surface area contributed by atoms with Gasteiger partial charge in [0.2, 0.25) is 0 Å². The molecule has 1 aromatic heterocycles. The Balaban J connectivity index is 2.15. The van der Waals surface area contributed by atoms with Crippen molar-refractivity contribution in [2.24, 2.45) is 12.5 Å². The molecule has 0 bridgehead atoms. The molecule has 20 heavy (non-hydrogen) atoms. The lowest BCUT2D eigenvalue weighted by Gasteiger charge is -2.39. The highest BCUT2D eigenvalue weighted by Gasteiger charge is 2.30. The summed E-state index contributed by atoms with van der Waals surface area (Å²) >= 11 is 0. The van der Waals surface area contributed by atoms with E-state index in [2.05, 4.69) is 37.8 Å². The average molecular weight is 278 g/mol. The molecule has 0 unspecified atom stereocenters. The van der Waals surface area contributed by atoms with Gasteiger partial charge in [0.15, 0.2) is 0 Å². The maximum Gasteiger partial charge on any atom is 0.150 e. The maximum atomic E-state index is 6.33. The molecule has 0 spiro atoms. The third-order valence-corrected chi connectivity index (χ3v) is 4.81. The Morgan fingerprint density at radius 2 is 1.95 bits per heavy atom. The highest BCUT2D eigenvalue weighted by Crippen LogP contribution is 2.39. The van der Waals surface area contributed by atoms with Crippen LogP contribution in [-0.4, -0.2) is 22.9 Å². The van der Waals surface area contributed by atoms with E-state index in [0.717, 1.165) is 30.0 Å². The summed E-state index contributed by atoms with van der Waals surface area (Å²) < 4.78 is 1.96. The fourth-order valence-electron chi connectivity index (χ4n) is 3.37. The quantitative estimate of drug-likeness (QED) is 0.918. The first-order valence-corrected chi connectivity index (χ1v) is 7.90. The summed E-state index contributed by atoms with van der Waals surface area (Å²) in [7, 11) is 4.18. The fraction of sp³-hybridized carbons (Fsp3) is 0.812. The summed E-state index contributed by atoms with van der Waals surface area (Å²) in [5, 5.41) is 4.59. The van der Waals surface area contributed by atoms with Crippen LogP contribution in [0.3, 0.4) is 0 Å². The number of aryl methyl sites for hydroxylation is 2. The van der Waals surface area contributed by atoms with E-state index in [1.54, 1.807) is 0 Å². The summed E-state index contributed by atoms with van der Waals surface area (Å²) in [5.74, 6) is 1.10. The molecule has 4 heteroatoms. The van der Waals surface area contributed by atoms with Crippen LogP contribution in [0.25, 0.3) is 0 Å². The van der Waals surface area contributed by atoms with E-state index < -0.39 is 0 Å². The third-order valence-electron chi connectivity index (χ3n) is 4.81. The zero-order valence-corrected chi connectivity index (χ0v) is 13.7. The summed E-state index contributed by atoms with van der Waals surface area (Å²) in [4.78, 5) is 2.36. The van der Waals surface area contributed by atoms with Gasteiger partial charge in [-0.05, 0) is 37.5 Å². The van der Waals surface area contributed by atoms with E-state index in [1.165, 1.54) is 25.7 Å². The van der Waals surface area contributed by atoms with Crippen LogP contribution in [-0.2, 0) is 13.5 Å². The Kier molecular flexibility index (Phi) is 4.31. The maximum absolute atomic E-state index is 6.33. The largest absolute Gasteiger partial charge is 0.394 e. The van der Waals surface area contributed by atoms with E-state index in [4.69, 9.17) is 5.73 Å². The van der Waals surface area contributed by atoms with Crippen molar-refractivity contribution in [3.63, 3.8) is 0 Å². The van der Waals surface area contributed by atoms with E-state index >= 15 is 0 Å². The van der Waals surface area contributed by atoms with Gasteiger partial charge >= 0.3 is 0 Å². The van der Waals surface area contributed by atoms with E-state index in [9.17, 15) is 0 Å². The molecule has 1 aromatic rings. The Hall–Kier alpha value is -1.19. The van der Waals surface area contributed by atoms with Crippen molar-refractivity contribution in [2.45, 2.75) is 65.3 Å². The number of aromatic nitrogens is 2. The van der Waals surface area contributed by atoms with Gasteiger partial charge in [-0.25, -0.2) is 0 Å². The fourth-order valence-corrected chi connectivity index (χ4v) is 3.37. The standard InChI is InChI=1S/C16H30N4/c1-6-7-13-14(17)15(20(5)18-13)19(4)12-8-10-16(2,3)11-9-12/h12H,6-11,17H2,1-5H3. The number of anilines is 2. The normalized spacial score (nSPS) is 19.2. The predicted molar refractivity (Wildman–Crippen MR) is 86.1 cm³/mol. The molecule has 1 heterocycles. The molecule has 1 aliphatic carbocycles. The van der Waals surface area contributed by atoms with Gasteiger partial charge in [-0.2, -0.15) is 5.10 Å². The Labute approximate surface area is 123 Å². The molecule has 0 amide bonds. The van der Waals surface area contributed by atoms with Crippen molar-refractivity contribution < 1.29 is 0 Å². The molecule has 0 aromatic carbocycles. The smallest absolute Gasteiger partial charge is 0.150 e. The molecule has 2 rings (SSSR count). The van der Waals surface area contributed by atoms with Crippen LogP contribution < -0.4 is 10.6 Å². The van der Waals surface area contributed by atoms with Gasteiger partial charge in [0.1, 0.15) is 5.82 Å². The molecule has 0 atom stereocenters. The molecular weight excluding hydrogens is 248 g/mol. The van der Waals surface area contributed by atoms with Gasteiger partial charge in [0.25, 0.3) is 0 Å². The first kappa shape index (κ1) is 15.2.